The summed E-state index contributed by atoms with van der Waals surface area (Å²) in [5.41, 5.74) is 1.58. The molecular weight excluding hydrogens is 817 g/mol. The molecule has 5 heterocycles. The maximum atomic E-state index is 15.8. The highest BCUT2D eigenvalue weighted by atomic mass is 16.6. The van der Waals surface area contributed by atoms with Gasteiger partial charge in [-0.15, -0.1) is 0 Å². The largest absolute Gasteiger partial charge is 0.508 e. The number of cyclic esters (lactones) is 1. The Morgan fingerprint density at radius 2 is 1.45 bits per heavy atom. The van der Waals surface area contributed by atoms with Crippen molar-refractivity contribution in [2.75, 3.05) is 50.6 Å². The summed E-state index contributed by atoms with van der Waals surface area (Å²) in [6, 6.07) is 29.4. The lowest BCUT2D eigenvalue weighted by atomic mass is 9.65. The summed E-state index contributed by atoms with van der Waals surface area (Å²) < 4.78 is 16.2. The molecule has 0 aliphatic carbocycles. The first kappa shape index (κ1) is 41.8. The summed E-state index contributed by atoms with van der Waals surface area (Å²) in [6.45, 7) is 1.31. The van der Waals surface area contributed by atoms with Crippen LogP contribution < -0.4 is 10.2 Å². The van der Waals surface area contributed by atoms with Crippen LogP contribution in [0.25, 0.3) is 0 Å². The fourth-order valence-electron chi connectivity index (χ4n) is 9.89. The van der Waals surface area contributed by atoms with E-state index in [1.807, 2.05) is 70.5 Å². The third-order valence-electron chi connectivity index (χ3n) is 12.7. The number of anilines is 2. The SMILES string of the molecule is COC(=O)C(CC#Cc1ccc2c(c1)[C@]1(C(=O)N2)[C@H](C(=O)N2CCN(c3ncccn3)CC2)[C@H]2C(=O)O[C@H](c3ccccc3)[C@H](c3ccccc3)N2[C@@H]1c1ccc(O)cc1)C(=O)OC. The zero-order chi connectivity index (χ0) is 44.5. The van der Waals surface area contributed by atoms with Gasteiger partial charge in [0.2, 0.25) is 17.8 Å². The average Bonchev–Trinajstić information content (AvgIpc) is 3.81. The highest BCUT2D eigenvalue weighted by molar-refractivity contribution is 6.12. The molecule has 6 atom stereocenters. The van der Waals surface area contributed by atoms with E-state index in [4.69, 9.17) is 14.2 Å². The molecule has 3 saturated heterocycles. The van der Waals surface area contributed by atoms with Gasteiger partial charge in [0.15, 0.2) is 5.92 Å². The van der Waals surface area contributed by atoms with E-state index in [1.165, 1.54) is 26.4 Å². The van der Waals surface area contributed by atoms with Gasteiger partial charge >= 0.3 is 17.9 Å². The highest BCUT2D eigenvalue weighted by Gasteiger charge is 2.74. The molecule has 0 unspecified atom stereocenters. The van der Waals surface area contributed by atoms with E-state index >= 15 is 14.4 Å². The minimum absolute atomic E-state index is 0.00823. The Balaban J connectivity index is 1.25. The second-order valence-corrected chi connectivity index (χ2v) is 16.0. The number of aromatic hydroxyl groups is 1. The van der Waals surface area contributed by atoms with Gasteiger partial charge in [0.05, 0.1) is 32.2 Å². The molecule has 0 radical (unpaired) electrons. The number of ether oxygens (including phenoxy) is 3. The summed E-state index contributed by atoms with van der Waals surface area (Å²) in [4.78, 5) is 86.0. The summed E-state index contributed by atoms with van der Waals surface area (Å²) in [6.07, 6.45) is 2.25. The van der Waals surface area contributed by atoms with Crippen molar-refractivity contribution >= 4 is 41.4 Å². The number of phenols is 1. The van der Waals surface area contributed by atoms with Crippen molar-refractivity contribution in [3.8, 4) is 17.6 Å². The number of carbonyl (C=O) groups excluding carboxylic acids is 5. The highest BCUT2D eigenvalue weighted by Crippen LogP contribution is 2.65. The fraction of sp³-hybridized carbons (Fsp3) is 0.286. The molecule has 3 fully saturated rings. The Morgan fingerprint density at radius 1 is 0.812 bits per heavy atom. The molecule has 2 amide bonds. The van der Waals surface area contributed by atoms with E-state index in [1.54, 1.807) is 53.7 Å². The van der Waals surface area contributed by atoms with Crippen molar-refractivity contribution in [2.45, 2.75) is 36.1 Å². The second-order valence-electron chi connectivity index (χ2n) is 16.0. The van der Waals surface area contributed by atoms with Gasteiger partial charge < -0.3 is 34.4 Å². The molecular formula is C49H44N6O9. The Hall–Kier alpha value is -7.57. The number of morpholine rings is 1. The van der Waals surface area contributed by atoms with Crippen molar-refractivity contribution < 1.29 is 43.3 Å². The number of methoxy groups -OCH3 is 2. The first-order valence-corrected chi connectivity index (χ1v) is 20.9. The molecule has 2 N–H and O–H groups in total. The van der Waals surface area contributed by atoms with Crippen molar-refractivity contribution in [3.63, 3.8) is 0 Å². The number of nitrogens with one attached hydrogen (secondary N) is 1. The van der Waals surface area contributed by atoms with Gasteiger partial charge in [-0.1, -0.05) is 84.6 Å². The second kappa shape index (κ2) is 17.3. The molecule has 1 spiro atoms. The summed E-state index contributed by atoms with van der Waals surface area (Å²) >= 11 is 0. The van der Waals surface area contributed by atoms with Crippen molar-refractivity contribution in [3.05, 3.63) is 149 Å². The number of carbonyl (C=O) groups is 5. The molecule has 4 aromatic carbocycles. The Bertz CT molecular complexity index is 2630. The number of amides is 2. The lowest BCUT2D eigenvalue weighted by Crippen LogP contribution is -2.58. The number of nitrogens with zero attached hydrogens (tertiary/aromatic N) is 5. The molecule has 4 aliphatic heterocycles. The van der Waals surface area contributed by atoms with Gasteiger partial charge in [0, 0.05) is 56.2 Å². The maximum absolute atomic E-state index is 15.8. The minimum atomic E-state index is -1.79. The van der Waals surface area contributed by atoms with Crippen LogP contribution >= 0.6 is 0 Å². The quantitative estimate of drug-likeness (QED) is 0.0965. The molecule has 9 rings (SSSR count). The van der Waals surface area contributed by atoms with Gasteiger partial charge in [0.1, 0.15) is 23.3 Å². The van der Waals surface area contributed by atoms with Crippen LogP contribution in [0.1, 0.15) is 52.4 Å². The molecule has 64 heavy (non-hydrogen) atoms. The molecule has 1 aromatic heterocycles. The first-order chi connectivity index (χ1) is 31.1. The normalized spacial score (nSPS) is 23.6. The Morgan fingerprint density at radius 3 is 2.09 bits per heavy atom. The van der Waals surface area contributed by atoms with Crippen LogP contribution in [-0.4, -0.2) is 101 Å². The van der Waals surface area contributed by atoms with Crippen LogP contribution in [0, 0.1) is 23.7 Å². The third-order valence-corrected chi connectivity index (χ3v) is 12.7. The number of hydrogen-bond donors (Lipinski definition) is 2. The number of phenolic OH excluding ortho intramolecular Hbond substituents is 1. The predicted octanol–water partition coefficient (Wildman–Crippen LogP) is 4.51. The minimum Gasteiger partial charge on any atom is -0.508 e. The van der Waals surface area contributed by atoms with Gasteiger partial charge in [-0.25, -0.2) is 9.97 Å². The van der Waals surface area contributed by atoms with Crippen molar-refractivity contribution in [1.82, 2.24) is 19.8 Å². The zero-order valence-electron chi connectivity index (χ0n) is 35.0. The standard InChI is InChI=1S/C49H44N6O9/c1-62-44(58)35(45(59)63-2)16-9-11-30-17-22-37-36(29-30)49(47(61)52-37)38(43(57)53-25-27-54(28-26-53)48-50-23-10-24-51-48)40-46(60)64-41(32-14-7-4-8-15-32)39(31-12-5-3-6-13-31)55(40)42(49)33-18-20-34(56)21-19-33/h3-8,10,12-15,17-24,29,35,38-42,56H,16,25-28H2,1-2H3,(H,52,61)/t38-,39-,40-,41+,42+,49-/m0/s1. The van der Waals surface area contributed by atoms with Gasteiger partial charge in [-0.05, 0) is 58.7 Å². The predicted molar refractivity (Wildman–Crippen MR) is 231 cm³/mol. The lowest BCUT2D eigenvalue weighted by Gasteiger charge is -2.46. The van der Waals surface area contributed by atoms with Crippen molar-refractivity contribution in [1.29, 1.82) is 0 Å². The van der Waals surface area contributed by atoms with Crippen LogP contribution in [0.15, 0.2) is 122 Å². The number of aromatic nitrogens is 2. The fourth-order valence-corrected chi connectivity index (χ4v) is 9.89. The van der Waals surface area contributed by atoms with Crippen LogP contribution in [0.5, 0.6) is 5.75 Å². The van der Waals surface area contributed by atoms with Gasteiger partial charge in [-0.2, -0.15) is 0 Å². The molecule has 15 nitrogen and oxygen atoms in total. The summed E-state index contributed by atoms with van der Waals surface area (Å²) in [7, 11) is 2.34. The third kappa shape index (κ3) is 7.15. The van der Waals surface area contributed by atoms with Crippen LogP contribution in [0.2, 0.25) is 0 Å². The van der Waals surface area contributed by atoms with E-state index in [0.29, 0.717) is 41.4 Å². The summed E-state index contributed by atoms with van der Waals surface area (Å²) in [5.74, 6) is 0.701. The molecule has 4 aliphatic rings. The van der Waals surface area contributed by atoms with E-state index in [2.05, 4.69) is 27.1 Å². The molecule has 15 heteroatoms. The molecule has 0 bridgehead atoms. The van der Waals surface area contributed by atoms with E-state index in [-0.39, 0.29) is 25.3 Å². The van der Waals surface area contributed by atoms with E-state index < -0.39 is 71.2 Å². The number of rotatable bonds is 8. The van der Waals surface area contributed by atoms with Crippen LogP contribution in [-0.2, 0) is 43.6 Å². The monoisotopic (exact) mass is 860 g/mol. The Kier molecular flexibility index (Phi) is 11.3. The average molecular weight is 861 g/mol. The number of esters is 3. The Labute approximate surface area is 369 Å². The number of benzene rings is 4. The molecule has 324 valence electrons. The smallest absolute Gasteiger partial charge is 0.324 e. The van der Waals surface area contributed by atoms with E-state index in [9.17, 15) is 14.7 Å². The van der Waals surface area contributed by atoms with Crippen LogP contribution in [0.3, 0.4) is 0 Å². The van der Waals surface area contributed by atoms with Crippen LogP contribution in [0.4, 0.5) is 11.6 Å². The topological polar surface area (TPSA) is 181 Å². The number of piperazine rings is 1. The molecule has 0 saturated carbocycles. The first-order valence-electron chi connectivity index (χ1n) is 20.9. The molecule has 5 aromatic rings. The van der Waals surface area contributed by atoms with E-state index in [0.717, 1.165) is 11.1 Å². The number of fused-ring (bicyclic) bond motifs is 3. The van der Waals surface area contributed by atoms with Crippen molar-refractivity contribution in [2.24, 2.45) is 11.8 Å². The zero-order valence-corrected chi connectivity index (χ0v) is 35.0. The number of hydrogen-bond acceptors (Lipinski definition) is 13. The maximum Gasteiger partial charge on any atom is 0.324 e. The van der Waals surface area contributed by atoms with Gasteiger partial charge in [-0.3, -0.25) is 28.9 Å². The van der Waals surface area contributed by atoms with Gasteiger partial charge in [0.25, 0.3) is 0 Å². The summed E-state index contributed by atoms with van der Waals surface area (Å²) in [5, 5.41) is 13.7. The lowest BCUT2D eigenvalue weighted by molar-refractivity contribution is -0.179.